The highest BCUT2D eigenvalue weighted by molar-refractivity contribution is 5.14. The third-order valence-electron chi connectivity index (χ3n) is 5.99. The highest BCUT2D eigenvalue weighted by Gasteiger charge is 2.04. The lowest BCUT2D eigenvalue weighted by Gasteiger charge is -2.02. The van der Waals surface area contributed by atoms with E-state index in [1.54, 1.807) is 0 Å². The molecule has 0 unspecified atom stereocenters. The molecule has 2 rings (SSSR count). The summed E-state index contributed by atoms with van der Waals surface area (Å²) in [5.41, 5.74) is 1.44. The minimum atomic E-state index is 1.11. The molecule has 0 aliphatic carbocycles. The maximum Gasteiger partial charge on any atom is 0.243 e. The molecule has 1 heterocycles. The van der Waals surface area contributed by atoms with Crippen LogP contribution in [0.5, 0.6) is 0 Å². The third kappa shape index (κ3) is 11.9. The Morgan fingerprint density at radius 1 is 0.690 bits per heavy atom. The molecular weight excluding hydrogens is 352 g/mol. The molecule has 2 heteroatoms. The van der Waals surface area contributed by atoms with Gasteiger partial charge in [-0.1, -0.05) is 108 Å². The van der Waals surface area contributed by atoms with E-state index in [-0.39, 0.29) is 0 Å². The second-order valence-electron chi connectivity index (χ2n) is 8.72. The summed E-state index contributed by atoms with van der Waals surface area (Å²) in [6.07, 6.45) is 27.6. The zero-order chi connectivity index (χ0) is 20.4. The monoisotopic (exact) mass is 397 g/mol. The molecule has 0 N–H and O–H groups in total. The summed E-state index contributed by atoms with van der Waals surface area (Å²) in [4.78, 5) is 0. The molecular formula is C27H45N2+. The van der Waals surface area contributed by atoms with Gasteiger partial charge < -0.3 is 0 Å². The van der Waals surface area contributed by atoms with Gasteiger partial charge in [0, 0.05) is 0 Å². The van der Waals surface area contributed by atoms with Crippen LogP contribution in [0.2, 0.25) is 0 Å². The molecule has 0 saturated heterocycles. The van der Waals surface area contributed by atoms with Crippen LogP contribution in [0, 0.1) is 0 Å². The van der Waals surface area contributed by atoms with Gasteiger partial charge in [-0.05, 0) is 31.2 Å². The predicted molar refractivity (Wildman–Crippen MR) is 125 cm³/mol. The van der Waals surface area contributed by atoms with Gasteiger partial charge in [-0.15, -0.1) is 0 Å². The Morgan fingerprint density at radius 2 is 1.28 bits per heavy atom. The van der Waals surface area contributed by atoms with Crippen molar-refractivity contribution < 1.29 is 4.57 Å². The first kappa shape index (κ1) is 23.7. The number of aromatic nitrogens is 2. The zero-order valence-electron chi connectivity index (χ0n) is 19.0. The van der Waals surface area contributed by atoms with Gasteiger partial charge in [-0.3, -0.25) is 0 Å². The first-order valence-corrected chi connectivity index (χ1v) is 12.5. The van der Waals surface area contributed by atoms with E-state index in [1.807, 2.05) is 0 Å². The van der Waals surface area contributed by atoms with E-state index in [0.29, 0.717) is 0 Å². The molecule has 2 nitrogen and oxygen atoms in total. The molecule has 0 spiro atoms. The van der Waals surface area contributed by atoms with Crippen LogP contribution >= 0.6 is 0 Å². The Kier molecular flexibility index (Phi) is 13.3. The molecule has 0 fully saturated rings. The van der Waals surface area contributed by atoms with Crippen molar-refractivity contribution >= 4 is 0 Å². The molecule has 0 atom stereocenters. The number of hydrogen-bond donors (Lipinski definition) is 0. The van der Waals surface area contributed by atoms with E-state index in [1.165, 1.54) is 102 Å². The number of benzene rings is 1. The summed E-state index contributed by atoms with van der Waals surface area (Å²) in [5.74, 6) is 0. The summed E-state index contributed by atoms with van der Waals surface area (Å²) >= 11 is 0. The molecule has 0 aliphatic rings. The van der Waals surface area contributed by atoms with Crippen LogP contribution in [0.15, 0.2) is 49.1 Å². The van der Waals surface area contributed by atoms with E-state index in [4.69, 9.17) is 0 Å². The number of hydrogen-bond acceptors (Lipinski definition) is 0. The summed E-state index contributed by atoms with van der Waals surface area (Å²) in [5, 5.41) is 0. The van der Waals surface area contributed by atoms with Gasteiger partial charge in [0.05, 0.1) is 13.1 Å². The standard InChI is InChI=1S/C27H45N2/c1-2-3-4-5-6-7-8-9-10-11-12-13-17-22-28-24-25-29(26-28)23-18-21-27-19-15-14-16-20-27/h14-16,19-20,24-26H,2-13,17-18,21-23H2,1H3/q+1. The van der Waals surface area contributed by atoms with Crippen molar-refractivity contribution in [3.8, 4) is 0 Å². The van der Waals surface area contributed by atoms with Crippen LogP contribution in [0.25, 0.3) is 0 Å². The van der Waals surface area contributed by atoms with Gasteiger partial charge in [0.2, 0.25) is 6.33 Å². The van der Waals surface area contributed by atoms with Crippen LogP contribution in [-0.4, -0.2) is 4.57 Å². The van der Waals surface area contributed by atoms with E-state index in [2.05, 4.69) is 65.1 Å². The largest absolute Gasteiger partial charge is 0.243 e. The molecule has 2 aromatic rings. The van der Waals surface area contributed by atoms with Crippen LogP contribution in [-0.2, 0) is 19.5 Å². The van der Waals surface area contributed by atoms with Crippen LogP contribution < -0.4 is 4.57 Å². The molecule has 0 saturated carbocycles. The van der Waals surface area contributed by atoms with E-state index in [0.717, 1.165) is 13.0 Å². The van der Waals surface area contributed by atoms with Crippen molar-refractivity contribution in [1.82, 2.24) is 4.57 Å². The minimum Gasteiger partial charge on any atom is -0.237 e. The van der Waals surface area contributed by atoms with Crippen molar-refractivity contribution in [2.45, 2.75) is 116 Å². The maximum atomic E-state index is 2.36. The molecule has 0 amide bonds. The fourth-order valence-corrected chi connectivity index (χ4v) is 4.13. The van der Waals surface area contributed by atoms with E-state index >= 15 is 0 Å². The van der Waals surface area contributed by atoms with Gasteiger partial charge in [0.1, 0.15) is 12.4 Å². The van der Waals surface area contributed by atoms with Crippen molar-refractivity contribution in [3.05, 3.63) is 54.6 Å². The Morgan fingerprint density at radius 3 is 1.90 bits per heavy atom. The second-order valence-corrected chi connectivity index (χ2v) is 8.72. The fraction of sp³-hybridized carbons (Fsp3) is 0.667. The lowest BCUT2D eigenvalue weighted by molar-refractivity contribution is -0.696. The van der Waals surface area contributed by atoms with Crippen molar-refractivity contribution in [3.63, 3.8) is 0 Å². The summed E-state index contributed by atoms with van der Waals surface area (Å²) in [7, 11) is 0. The highest BCUT2D eigenvalue weighted by atomic mass is 15.1. The van der Waals surface area contributed by atoms with Gasteiger partial charge in [-0.25, -0.2) is 9.13 Å². The maximum absolute atomic E-state index is 2.36. The highest BCUT2D eigenvalue weighted by Crippen LogP contribution is 2.12. The Labute approximate surface area is 180 Å². The Balaban J connectivity index is 1.39. The Bertz CT molecular complexity index is 602. The minimum absolute atomic E-state index is 1.11. The lowest BCUT2D eigenvalue weighted by Crippen LogP contribution is -2.31. The molecule has 0 aliphatic heterocycles. The molecule has 0 bridgehead atoms. The lowest BCUT2D eigenvalue weighted by atomic mass is 10.0. The first-order valence-electron chi connectivity index (χ1n) is 12.5. The van der Waals surface area contributed by atoms with Crippen molar-refractivity contribution in [2.24, 2.45) is 0 Å². The first-order chi connectivity index (χ1) is 14.4. The molecule has 29 heavy (non-hydrogen) atoms. The number of imidazole rings is 1. The topological polar surface area (TPSA) is 8.81 Å². The zero-order valence-corrected chi connectivity index (χ0v) is 19.0. The normalized spacial score (nSPS) is 11.2. The SMILES string of the molecule is CCCCCCCCCCCCCCCn1cc[n+](CCCc2ccccc2)c1. The number of unbranched alkanes of at least 4 members (excludes halogenated alkanes) is 12. The smallest absolute Gasteiger partial charge is 0.237 e. The molecule has 162 valence electrons. The van der Waals surface area contributed by atoms with Crippen molar-refractivity contribution in [1.29, 1.82) is 0 Å². The number of nitrogens with zero attached hydrogens (tertiary/aromatic N) is 2. The molecule has 1 aromatic carbocycles. The fourth-order valence-electron chi connectivity index (χ4n) is 4.13. The van der Waals surface area contributed by atoms with E-state index < -0.39 is 0 Å². The van der Waals surface area contributed by atoms with Crippen LogP contribution in [0.1, 0.15) is 102 Å². The van der Waals surface area contributed by atoms with Crippen molar-refractivity contribution in [2.75, 3.05) is 0 Å². The number of rotatable bonds is 18. The predicted octanol–water partition coefficient (Wildman–Crippen LogP) is 7.50. The van der Waals surface area contributed by atoms with Crippen LogP contribution in [0.4, 0.5) is 0 Å². The summed E-state index contributed by atoms with van der Waals surface area (Å²) in [6, 6.07) is 10.8. The third-order valence-corrected chi connectivity index (χ3v) is 5.99. The van der Waals surface area contributed by atoms with E-state index in [9.17, 15) is 0 Å². The van der Waals surface area contributed by atoms with Gasteiger partial charge in [0.15, 0.2) is 0 Å². The number of aryl methyl sites for hydroxylation is 3. The van der Waals surface area contributed by atoms with Gasteiger partial charge >= 0.3 is 0 Å². The quantitative estimate of drug-likeness (QED) is 0.182. The summed E-state index contributed by atoms with van der Waals surface area (Å²) < 4.78 is 4.70. The molecule has 0 radical (unpaired) electrons. The van der Waals surface area contributed by atoms with Crippen LogP contribution in [0.3, 0.4) is 0 Å². The average molecular weight is 398 g/mol. The Hall–Kier alpha value is -1.57. The molecule has 1 aromatic heterocycles. The summed E-state index contributed by atoms with van der Waals surface area (Å²) in [6.45, 7) is 4.58. The van der Waals surface area contributed by atoms with Gasteiger partial charge in [-0.2, -0.15) is 0 Å². The van der Waals surface area contributed by atoms with Gasteiger partial charge in [0.25, 0.3) is 0 Å². The second kappa shape index (κ2) is 16.3. The average Bonchev–Trinajstić information content (AvgIpc) is 3.20.